The van der Waals surface area contributed by atoms with Crippen LogP contribution in [0, 0.1) is 23.3 Å². The third-order valence-electron chi connectivity index (χ3n) is 13.5. The molecule has 4 aromatic carbocycles. The lowest BCUT2D eigenvalue weighted by atomic mass is 10.1. The molecular formula is C52H43ClF4N14O4S2. The molecule has 4 aliphatic heterocycles. The fourth-order valence-corrected chi connectivity index (χ4v) is 12.2. The summed E-state index contributed by atoms with van der Waals surface area (Å²) in [7, 11) is 0. The number of ether oxygens (including phenoxy) is 2. The van der Waals surface area contributed by atoms with Crippen LogP contribution in [-0.2, 0) is 9.47 Å². The van der Waals surface area contributed by atoms with E-state index < -0.39 is 41.4 Å². The molecule has 0 spiro atoms. The Hall–Kier alpha value is -8.03. The quantitative estimate of drug-likeness (QED) is 0.116. The highest BCUT2D eigenvalue weighted by Gasteiger charge is 2.37. The Morgan fingerprint density at radius 3 is 1.79 bits per heavy atom. The molecule has 4 amide bonds. The van der Waals surface area contributed by atoms with Crippen LogP contribution >= 0.6 is 34.3 Å². The molecule has 392 valence electrons. The number of aromatic nitrogens is 6. The van der Waals surface area contributed by atoms with E-state index in [1.165, 1.54) is 103 Å². The van der Waals surface area contributed by atoms with Gasteiger partial charge >= 0.3 is 12.1 Å². The van der Waals surface area contributed by atoms with E-state index in [9.17, 15) is 18.4 Å². The fourth-order valence-electron chi connectivity index (χ4n) is 9.72. The second-order valence-electron chi connectivity index (χ2n) is 18.1. The largest absolute Gasteiger partial charge is 0.378 e. The van der Waals surface area contributed by atoms with Crippen LogP contribution in [0.5, 0.6) is 0 Å². The van der Waals surface area contributed by atoms with Crippen molar-refractivity contribution in [3.63, 3.8) is 0 Å². The Morgan fingerprint density at radius 2 is 1.16 bits per heavy atom. The highest BCUT2D eigenvalue weighted by atomic mass is 35.5. The number of benzene rings is 4. The number of carbonyl (C=O) groups is 2. The van der Waals surface area contributed by atoms with Gasteiger partial charge in [0, 0.05) is 74.5 Å². The number of nitrogen functional groups attached to an aromatic ring is 2. The number of halogens is 5. The topological polar surface area (TPSA) is 201 Å². The molecule has 0 bridgehead atoms. The van der Waals surface area contributed by atoms with Gasteiger partial charge in [-0.2, -0.15) is 0 Å². The zero-order valence-electron chi connectivity index (χ0n) is 40.5. The Kier molecular flexibility index (Phi) is 13.3. The second-order valence-corrected chi connectivity index (χ2v) is 20.5. The van der Waals surface area contributed by atoms with Crippen LogP contribution in [0.4, 0.5) is 72.1 Å². The molecule has 25 heteroatoms. The standard InChI is InChI=1S/C52H43ClF4N14O4S2/c53-33-25-30(11-12-34(33)55)69-16-18-71(52(69)73)39-6-2-4-32(42(39)57)46-44(65-49(76-46)66-19-22-74-23-20-66)37-26-36(62-48(59)63-37)40-27-67(21-24-75-40)50-64-43(35-13-14-60-47(58)61-35)45(77-50)31-3-1-5-38(41(31)56)70-17-15-68(51(70)72)29-9-7-28(54)8-10-29/h1-14,25-26,40H,15-24,27H2,(H2,58,60,61)(H2,59,62,63). The van der Waals surface area contributed by atoms with E-state index in [0.29, 0.717) is 92.7 Å². The first-order valence-corrected chi connectivity index (χ1v) is 26.3. The second kappa shape index (κ2) is 20.5. The summed E-state index contributed by atoms with van der Waals surface area (Å²) >= 11 is 8.54. The molecule has 0 radical (unpaired) electrons. The minimum absolute atomic E-state index is 0.0113. The smallest absolute Gasteiger partial charge is 0.329 e. The molecule has 4 fully saturated rings. The highest BCUT2D eigenvalue weighted by Crippen LogP contribution is 2.46. The molecule has 12 rings (SSSR count). The van der Waals surface area contributed by atoms with E-state index in [1.54, 1.807) is 36.4 Å². The molecule has 4 aliphatic rings. The number of thiazole rings is 2. The molecule has 18 nitrogen and oxygen atoms in total. The number of hydrogen-bond donors (Lipinski definition) is 2. The van der Waals surface area contributed by atoms with E-state index in [2.05, 4.69) is 24.8 Å². The van der Waals surface area contributed by atoms with E-state index in [-0.39, 0.29) is 78.8 Å². The number of hydrogen-bond acceptors (Lipinski definition) is 16. The van der Waals surface area contributed by atoms with Gasteiger partial charge in [0.1, 0.15) is 29.1 Å². The third kappa shape index (κ3) is 9.45. The Morgan fingerprint density at radius 1 is 0.584 bits per heavy atom. The normalized spacial score (nSPS) is 17.1. The van der Waals surface area contributed by atoms with Crippen molar-refractivity contribution in [2.24, 2.45) is 0 Å². The van der Waals surface area contributed by atoms with Crippen LogP contribution < -0.4 is 40.9 Å². The zero-order valence-corrected chi connectivity index (χ0v) is 42.8. The Bertz CT molecular complexity index is 3610. The minimum Gasteiger partial charge on any atom is -0.378 e. The maximum Gasteiger partial charge on any atom is 0.329 e. The van der Waals surface area contributed by atoms with Crippen LogP contribution in [0.1, 0.15) is 11.8 Å². The molecule has 0 aliphatic carbocycles. The molecule has 4 N–H and O–H groups in total. The highest BCUT2D eigenvalue weighted by molar-refractivity contribution is 7.19. The molecule has 4 saturated heterocycles. The van der Waals surface area contributed by atoms with E-state index in [1.807, 2.05) is 4.90 Å². The predicted molar refractivity (Wildman–Crippen MR) is 288 cm³/mol. The van der Waals surface area contributed by atoms with E-state index in [0.717, 1.165) is 0 Å². The molecule has 77 heavy (non-hydrogen) atoms. The summed E-state index contributed by atoms with van der Waals surface area (Å²) in [6.45, 7) is 3.64. The van der Waals surface area contributed by atoms with Gasteiger partial charge in [-0.1, -0.05) is 58.5 Å². The van der Waals surface area contributed by atoms with Gasteiger partial charge in [0.15, 0.2) is 21.9 Å². The predicted octanol–water partition coefficient (Wildman–Crippen LogP) is 9.53. The van der Waals surface area contributed by atoms with Gasteiger partial charge in [0.05, 0.1) is 69.6 Å². The van der Waals surface area contributed by atoms with Crippen LogP contribution in [0.2, 0.25) is 5.02 Å². The van der Waals surface area contributed by atoms with Gasteiger partial charge in [-0.15, -0.1) is 0 Å². The Labute approximate surface area is 449 Å². The summed E-state index contributed by atoms with van der Waals surface area (Å²) in [6.07, 6.45) is 0.783. The average Bonchev–Trinajstić information content (AvgIpc) is 4.29. The lowest BCUT2D eigenvalue weighted by Gasteiger charge is -2.32. The first-order valence-electron chi connectivity index (χ1n) is 24.3. The summed E-state index contributed by atoms with van der Waals surface area (Å²) in [4.78, 5) is 65.9. The van der Waals surface area contributed by atoms with Crippen molar-refractivity contribution >= 4 is 91.2 Å². The Balaban J connectivity index is 0.864. The van der Waals surface area contributed by atoms with Gasteiger partial charge in [-0.3, -0.25) is 19.6 Å². The number of urea groups is 2. The number of nitrogens with two attached hydrogens (primary N) is 2. The van der Waals surface area contributed by atoms with Crippen molar-refractivity contribution < 1.29 is 36.6 Å². The number of rotatable bonds is 11. The van der Waals surface area contributed by atoms with Gasteiger partial charge < -0.3 is 30.7 Å². The third-order valence-corrected chi connectivity index (χ3v) is 16.1. The van der Waals surface area contributed by atoms with Crippen molar-refractivity contribution in [2.75, 3.05) is 113 Å². The molecular weight excluding hydrogens is 1060 g/mol. The molecule has 8 heterocycles. The fraction of sp³-hybridized carbons (Fsp3) is 0.231. The molecule has 8 aromatic rings. The number of amides is 4. The number of carbonyl (C=O) groups excluding carboxylic acids is 2. The SMILES string of the molecule is Nc1nccc(-c2nc(N3CCOC(c4cc(-c5nc(N6CCOCC6)sc5-c5cccc(N6CCN(c7ccc(F)c(Cl)c7)C6=O)c5F)nc(N)n4)C3)sc2-c2cccc(N3CCN(c4ccc(F)cc4)C3=O)c2F)n1. The zero-order chi connectivity index (χ0) is 53.1. The summed E-state index contributed by atoms with van der Waals surface area (Å²) < 4.78 is 74.1. The lowest BCUT2D eigenvalue weighted by Crippen LogP contribution is -2.38. The van der Waals surface area contributed by atoms with Crippen LogP contribution in [-0.4, -0.2) is 114 Å². The maximum atomic E-state index is 17.2. The van der Waals surface area contributed by atoms with Gasteiger partial charge in [-0.05, 0) is 66.7 Å². The lowest BCUT2D eigenvalue weighted by molar-refractivity contribution is 0.0371. The summed E-state index contributed by atoms with van der Waals surface area (Å²) in [5.74, 6) is -2.48. The van der Waals surface area contributed by atoms with Crippen molar-refractivity contribution in [3.05, 3.63) is 131 Å². The van der Waals surface area contributed by atoms with Crippen molar-refractivity contribution in [3.8, 4) is 43.7 Å². The van der Waals surface area contributed by atoms with E-state index >= 15 is 8.78 Å². The monoisotopic (exact) mass is 1100 g/mol. The van der Waals surface area contributed by atoms with E-state index in [4.69, 9.17) is 42.5 Å². The molecule has 0 saturated carbocycles. The van der Waals surface area contributed by atoms with Gasteiger partial charge in [-0.25, -0.2) is 57.1 Å². The van der Waals surface area contributed by atoms with Gasteiger partial charge in [0.2, 0.25) is 11.9 Å². The molecule has 1 atom stereocenters. The summed E-state index contributed by atoms with van der Waals surface area (Å²) in [5, 5.41) is 0.958. The first-order chi connectivity index (χ1) is 37.4. The first kappa shape index (κ1) is 49.8. The van der Waals surface area contributed by atoms with Crippen molar-refractivity contribution in [1.82, 2.24) is 29.9 Å². The average molecular weight is 1100 g/mol. The molecule has 1 unspecified atom stereocenters. The number of nitrogens with zero attached hydrogens (tertiary/aromatic N) is 12. The maximum absolute atomic E-state index is 17.2. The van der Waals surface area contributed by atoms with Crippen LogP contribution in [0.3, 0.4) is 0 Å². The van der Waals surface area contributed by atoms with Crippen molar-refractivity contribution in [1.29, 1.82) is 0 Å². The summed E-state index contributed by atoms with van der Waals surface area (Å²) in [5.41, 5.74) is 15.6. The van der Waals surface area contributed by atoms with Gasteiger partial charge in [0.25, 0.3) is 0 Å². The van der Waals surface area contributed by atoms with Crippen LogP contribution in [0.25, 0.3) is 43.7 Å². The molecule has 4 aromatic heterocycles. The number of anilines is 8. The van der Waals surface area contributed by atoms with Crippen molar-refractivity contribution in [2.45, 2.75) is 6.10 Å². The van der Waals surface area contributed by atoms with Crippen LogP contribution in [0.15, 0.2) is 97.2 Å². The minimum atomic E-state index is -0.704. The number of morpholine rings is 2. The summed E-state index contributed by atoms with van der Waals surface area (Å²) in [6, 6.07) is 21.5.